The van der Waals surface area contributed by atoms with Gasteiger partial charge in [0.2, 0.25) is 13.4 Å². The fourth-order valence-electron chi connectivity index (χ4n) is 10.2. The summed E-state index contributed by atoms with van der Waals surface area (Å²) in [7, 11) is 0. The van der Waals surface area contributed by atoms with Gasteiger partial charge in [-0.15, -0.1) is 46.0 Å². The molecule has 0 amide bonds. The van der Waals surface area contributed by atoms with Gasteiger partial charge in [-0.2, -0.15) is 0 Å². The molecular formula is C54H56B2O2S3. The predicted molar refractivity (Wildman–Crippen MR) is 273 cm³/mol. The molecule has 2 nitrogen and oxygen atoms in total. The Morgan fingerprint density at radius 1 is 0.393 bits per heavy atom. The molecule has 7 heteroatoms. The van der Waals surface area contributed by atoms with Crippen LogP contribution in [0.1, 0.15) is 76.5 Å². The maximum absolute atomic E-state index is 6.42. The first-order valence-corrected chi connectivity index (χ1v) is 23.9. The first kappa shape index (κ1) is 42.9. The molecule has 0 N–H and O–H groups in total. The number of hydrogen-bond acceptors (Lipinski definition) is 5. The molecule has 0 saturated heterocycles. The summed E-state index contributed by atoms with van der Waals surface area (Å²) in [5.74, 6) is 6.60. The lowest BCUT2D eigenvalue weighted by atomic mass is 9.37. The summed E-state index contributed by atoms with van der Waals surface area (Å²) in [6, 6.07) is 27.6. The van der Waals surface area contributed by atoms with Gasteiger partial charge in [-0.25, -0.2) is 0 Å². The zero-order valence-corrected chi connectivity index (χ0v) is 40.3. The van der Waals surface area contributed by atoms with E-state index in [1.54, 1.807) is 11.3 Å². The molecule has 0 radical (unpaired) electrons. The molecule has 1 aliphatic rings. The maximum Gasteiger partial charge on any atom is 0.235 e. The van der Waals surface area contributed by atoms with Crippen LogP contribution in [0.3, 0.4) is 0 Å². The highest BCUT2D eigenvalue weighted by molar-refractivity contribution is 7.27. The van der Waals surface area contributed by atoms with Crippen molar-refractivity contribution < 1.29 is 9.47 Å². The molecule has 0 atom stereocenters. The van der Waals surface area contributed by atoms with E-state index in [1.165, 1.54) is 108 Å². The highest BCUT2D eigenvalue weighted by Gasteiger charge is 2.29. The Labute approximate surface area is 377 Å². The molecule has 308 valence electrons. The van der Waals surface area contributed by atoms with Gasteiger partial charge < -0.3 is 9.47 Å². The molecular weight excluding hydrogens is 798 g/mol. The summed E-state index contributed by atoms with van der Waals surface area (Å²) in [6.45, 7) is 28.3. The average Bonchev–Trinajstić information content (AvgIpc) is 3.93. The van der Waals surface area contributed by atoms with Crippen molar-refractivity contribution in [3.05, 3.63) is 161 Å². The molecule has 0 unspecified atom stereocenters. The maximum atomic E-state index is 6.42. The number of ether oxygens (including phenoxy) is 2. The highest BCUT2D eigenvalue weighted by Crippen LogP contribution is 2.55. The second kappa shape index (κ2) is 17.5. The van der Waals surface area contributed by atoms with Crippen molar-refractivity contribution in [2.45, 2.75) is 83.1 Å². The third-order valence-corrected chi connectivity index (χ3v) is 15.8. The predicted octanol–water partition coefficient (Wildman–Crippen LogP) is 12.4. The summed E-state index contributed by atoms with van der Waals surface area (Å²) < 4.78 is 12.8. The standard InChI is InChI=1S/C54H56B2O2S3/c1-31-23-35(5)47(36(6)24-31)55(48-37(7)25-32(2)26-38(48)8)19-17-43-13-15-45(59-43)53-51-52(58-22-21-57-51)54(61-53)46-16-14-44(60-46)18-20-56(49-39(9)27-33(3)28-40(49)10)50-41(11)29-34(4)30-42(50)12/h13-20,23-30H,21-22H2,1-12H3/b19-17+,20-18+. The molecule has 4 aromatic carbocycles. The SMILES string of the molecule is Cc1cc(C)c(B(/C=C/c2ccc(-c3sc(-c4ccc(/C=C/B(c5c(C)cc(C)cc5C)c5c(C)cc(C)cc5C)s4)c4c3OCCO4)s2)c2c(C)cc(C)cc2C)c(C)c1. The topological polar surface area (TPSA) is 18.5 Å². The van der Waals surface area contributed by atoms with Crippen LogP contribution in [-0.4, -0.2) is 26.6 Å². The highest BCUT2D eigenvalue weighted by atomic mass is 32.1. The van der Waals surface area contributed by atoms with Crippen LogP contribution in [0.2, 0.25) is 0 Å². The van der Waals surface area contributed by atoms with Gasteiger partial charge in [-0.05, 0) is 107 Å². The molecule has 3 aromatic heterocycles. The first-order chi connectivity index (χ1) is 29.2. The van der Waals surface area contributed by atoms with E-state index >= 15 is 0 Å². The molecule has 0 bridgehead atoms. The van der Waals surface area contributed by atoms with Crippen molar-refractivity contribution in [3.8, 4) is 31.0 Å². The smallest absolute Gasteiger partial charge is 0.235 e. The molecule has 1 aliphatic heterocycles. The number of rotatable bonds is 10. The lowest BCUT2D eigenvalue weighted by Gasteiger charge is -2.22. The van der Waals surface area contributed by atoms with Crippen LogP contribution in [0.4, 0.5) is 0 Å². The number of fused-ring (bicyclic) bond motifs is 1. The first-order valence-electron chi connectivity index (χ1n) is 21.5. The minimum atomic E-state index is 0.150. The Hall–Kier alpha value is -4.81. The van der Waals surface area contributed by atoms with Gasteiger partial charge in [0.25, 0.3) is 0 Å². The van der Waals surface area contributed by atoms with E-state index in [0.717, 1.165) is 21.3 Å². The molecule has 61 heavy (non-hydrogen) atoms. The van der Waals surface area contributed by atoms with Crippen LogP contribution in [0.5, 0.6) is 11.5 Å². The second-order valence-corrected chi connectivity index (χ2v) is 20.7. The Morgan fingerprint density at radius 2 is 0.672 bits per heavy atom. The van der Waals surface area contributed by atoms with Crippen LogP contribution in [0, 0.1) is 83.1 Å². The number of benzene rings is 4. The van der Waals surface area contributed by atoms with E-state index in [1.807, 2.05) is 22.7 Å². The van der Waals surface area contributed by atoms with Gasteiger partial charge in [0.05, 0.1) is 9.75 Å². The van der Waals surface area contributed by atoms with Crippen LogP contribution >= 0.6 is 34.0 Å². The Morgan fingerprint density at radius 3 is 0.951 bits per heavy atom. The van der Waals surface area contributed by atoms with E-state index in [9.17, 15) is 0 Å². The quantitative estimate of drug-likeness (QED) is 0.128. The number of thiophene rings is 3. The zero-order chi connectivity index (χ0) is 43.3. The van der Waals surface area contributed by atoms with Gasteiger partial charge in [0, 0.05) is 19.5 Å². The van der Waals surface area contributed by atoms with Crippen molar-refractivity contribution in [1.82, 2.24) is 0 Å². The van der Waals surface area contributed by atoms with Gasteiger partial charge >= 0.3 is 0 Å². The van der Waals surface area contributed by atoms with E-state index in [0.29, 0.717) is 13.2 Å². The molecule has 0 aliphatic carbocycles. The van der Waals surface area contributed by atoms with Gasteiger partial charge in [-0.1, -0.05) is 149 Å². The van der Waals surface area contributed by atoms with E-state index in [-0.39, 0.29) is 13.4 Å². The lowest BCUT2D eigenvalue weighted by molar-refractivity contribution is 0.175. The molecule has 4 heterocycles. The Balaban J connectivity index is 1.13. The van der Waals surface area contributed by atoms with E-state index in [4.69, 9.17) is 9.47 Å². The van der Waals surface area contributed by atoms with Crippen molar-refractivity contribution >= 4 is 81.4 Å². The van der Waals surface area contributed by atoms with Gasteiger partial charge in [0.15, 0.2) is 11.5 Å². The summed E-state index contributed by atoms with van der Waals surface area (Å²) >= 11 is 5.43. The Bertz CT molecular complexity index is 2470. The lowest BCUT2D eigenvalue weighted by Crippen LogP contribution is -2.46. The third kappa shape index (κ3) is 8.67. The minimum Gasteiger partial charge on any atom is -0.485 e. The summed E-state index contributed by atoms with van der Waals surface area (Å²) in [5.41, 5.74) is 21.6. The van der Waals surface area contributed by atoms with Crippen LogP contribution in [0.25, 0.3) is 31.7 Å². The van der Waals surface area contributed by atoms with Crippen LogP contribution in [0.15, 0.2) is 84.7 Å². The summed E-state index contributed by atoms with van der Waals surface area (Å²) in [4.78, 5) is 7.13. The van der Waals surface area contributed by atoms with Crippen molar-refractivity contribution in [1.29, 1.82) is 0 Å². The average molecular weight is 855 g/mol. The molecule has 0 saturated carbocycles. The van der Waals surface area contributed by atoms with Crippen molar-refractivity contribution in [3.63, 3.8) is 0 Å². The summed E-state index contributed by atoms with van der Waals surface area (Å²) in [5, 5.41) is 0. The zero-order valence-electron chi connectivity index (χ0n) is 37.8. The summed E-state index contributed by atoms with van der Waals surface area (Å²) in [6.07, 6.45) is 4.66. The van der Waals surface area contributed by atoms with E-state index < -0.39 is 0 Å². The Kier molecular flexibility index (Phi) is 12.3. The molecule has 7 aromatic rings. The number of hydrogen-bond donors (Lipinski definition) is 0. The molecule has 0 spiro atoms. The minimum absolute atomic E-state index is 0.150. The fourth-order valence-corrected chi connectivity index (χ4v) is 13.4. The van der Waals surface area contributed by atoms with Crippen molar-refractivity contribution in [2.75, 3.05) is 13.2 Å². The molecule has 0 fully saturated rings. The van der Waals surface area contributed by atoms with Gasteiger partial charge in [-0.3, -0.25) is 0 Å². The van der Waals surface area contributed by atoms with Crippen LogP contribution in [-0.2, 0) is 0 Å². The molecule has 8 rings (SSSR count). The normalized spacial score (nSPS) is 12.6. The fraction of sp³-hybridized carbons (Fsp3) is 0.259. The number of aryl methyl sites for hydroxylation is 12. The third-order valence-electron chi connectivity index (χ3n) is 12.2. The second-order valence-electron chi connectivity index (χ2n) is 17.4. The van der Waals surface area contributed by atoms with Crippen molar-refractivity contribution in [2.24, 2.45) is 0 Å². The van der Waals surface area contributed by atoms with Crippen LogP contribution < -0.4 is 31.3 Å². The van der Waals surface area contributed by atoms with Gasteiger partial charge in [0.1, 0.15) is 13.2 Å². The van der Waals surface area contributed by atoms with E-state index in [2.05, 4.69) is 180 Å². The monoisotopic (exact) mass is 854 g/mol. The largest absolute Gasteiger partial charge is 0.485 e.